The minimum Gasteiger partial charge on any atom is -0.478 e. The van der Waals surface area contributed by atoms with Gasteiger partial charge in [0.25, 0.3) is 0 Å². The summed E-state index contributed by atoms with van der Waals surface area (Å²) >= 11 is 0. The average molecular weight is 280 g/mol. The molecule has 0 spiro atoms. The molecule has 0 unspecified atom stereocenters. The Balaban J connectivity index is -0.000000219. The van der Waals surface area contributed by atoms with E-state index in [-0.39, 0.29) is 26.1 Å². The zero-order chi connectivity index (χ0) is 15.9. The van der Waals surface area contributed by atoms with Crippen LogP contribution in [0.5, 0.6) is 0 Å². The van der Waals surface area contributed by atoms with E-state index in [9.17, 15) is 4.79 Å². The number of carbonyl (C=O) groups excluding carboxylic acids is 1. The molecule has 5 N–H and O–H groups in total. The molecular weight excluding hydrogens is 260 g/mol. The molecule has 0 rings (SSSR count). The average Bonchev–Trinajstić information content (AvgIpc) is 2.43. The van der Waals surface area contributed by atoms with E-state index in [1.165, 1.54) is 0 Å². The molecule has 0 saturated carbocycles. The van der Waals surface area contributed by atoms with Crippen LogP contribution in [0.3, 0.4) is 0 Å². The predicted octanol–water partition coefficient (Wildman–Crippen LogP) is -1.11. The van der Waals surface area contributed by atoms with Gasteiger partial charge in [0.05, 0.1) is 19.8 Å². The molecule has 0 bridgehead atoms. The molecule has 0 aliphatic rings. The number of hydrogen-bond acceptors (Lipinski definition) is 6. The first-order valence-electron chi connectivity index (χ1n) is 5.15. The van der Waals surface area contributed by atoms with Crippen molar-refractivity contribution in [1.82, 2.24) is 0 Å². The lowest BCUT2D eigenvalue weighted by Gasteiger charge is -2.24. The molecule has 0 fully saturated rings. The van der Waals surface area contributed by atoms with Crippen LogP contribution in [0.2, 0.25) is 0 Å². The van der Waals surface area contributed by atoms with E-state index < -0.39 is 17.4 Å². The Morgan fingerprint density at radius 3 is 1.32 bits per heavy atom. The highest BCUT2D eigenvalue weighted by Gasteiger charge is 2.24. The highest BCUT2D eigenvalue weighted by atomic mass is 16.4. The Morgan fingerprint density at radius 2 is 1.32 bits per heavy atom. The number of aliphatic hydroxyl groups excluding tert-OH is 3. The molecule has 8 heteroatoms. The minimum atomic E-state index is -1.43. The summed E-state index contributed by atoms with van der Waals surface area (Å²) in [5, 5.41) is 40.9. The summed E-state index contributed by atoms with van der Waals surface area (Å²) in [5.41, 5.74) is -0.667. The lowest BCUT2D eigenvalue weighted by Crippen LogP contribution is -2.32. The van der Waals surface area contributed by atoms with Gasteiger partial charge in [-0.3, -0.25) is 4.79 Å². The van der Waals surface area contributed by atoms with Gasteiger partial charge in [-0.1, -0.05) is 13.5 Å². The van der Waals surface area contributed by atoms with Gasteiger partial charge in [-0.15, -0.1) is 0 Å². The van der Waals surface area contributed by atoms with E-state index in [2.05, 4.69) is 6.58 Å². The van der Waals surface area contributed by atoms with Crippen molar-refractivity contribution in [3.8, 4) is 0 Å². The topological polar surface area (TPSA) is 152 Å². The summed E-state index contributed by atoms with van der Waals surface area (Å²) in [6, 6.07) is 0. The van der Waals surface area contributed by atoms with Crippen molar-refractivity contribution < 1.29 is 39.9 Å². The Hall–Kier alpha value is -1.77. The van der Waals surface area contributed by atoms with Crippen molar-refractivity contribution in [3.63, 3.8) is 0 Å². The third kappa shape index (κ3) is 16.2. The van der Waals surface area contributed by atoms with E-state index in [1.807, 2.05) is 6.92 Å². The Bertz CT molecular complexity index is 234. The highest BCUT2D eigenvalue weighted by Crippen LogP contribution is 2.18. The number of aliphatic carboxylic acids is 2. The molecule has 0 aliphatic heterocycles. The molecular formula is C11H20O8. The first-order chi connectivity index (χ1) is 8.78. The first kappa shape index (κ1) is 22.4. The third-order valence-corrected chi connectivity index (χ3v) is 2.03. The zero-order valence-corrected chi connectivity index (χ0v) is 10.7. The molecule has 0 heterocycles. The van der Waals surface area contributed by atoms with Crippen LogP contribution in [-0.2, 0) is 14.4 Å². The molecule has 0 saturated heterocycles. The normalized spacial score (nSPS) is 9.05. The van der Waals surface area contributed by atoms with Crippen LogP contribution in [0.4, 0.5) is 0 Å². The second-order valence-corrected chi connectivity index (χ2v) is 3.33. The molecule has 19 heavy (non-hydrogen) atoms. The zero-order valence-electron chi connectivity index (χ0n) is 10.7. The maximum atomic E-state index is 9.25. The van der Waals surface area contributed by atoms with Gasteiger partial charge in [0.1, 0.15) is 0 Å². The SMILES string of the molecule is C=CC(=O)O.CCC(CO)(CO)CO.O=CC(=O)O. The van der Waals surface area contributed by atoms with Crippen molar-refractivity contribution in [2.45, 2.75) is 13.3 Å². The molecule has 112 valence electrons. The fourth-order valence-corrected chi connectivity index (χ4v) is 0.485. The molecule has 0 radical (unpaired) electrons. The van der Waals surface area contributed by atoms with E-state index in [4.69, 9.17) is 35.1 Å². The monoisotopic (exact) mass is 280 g/mol. The van der Waals surface area contributed by atoms with Gasteiger partial charge in [0, 0.05) is 11.5 Å². The second-order valence-electron chi connectivity index (χ2n) is 3.33. The number of carboxylic acids is 2. The summed E-state index contributed by atoms with van der Waals surface area (Å²) in [6.07, 6.45) is 1.26. The Kier molecular flexibility index (Phi) is 16.9. The Labute approximate surface area is 110 Å². The van der Waals surface area contributed by atoms with Gasteiger partial charge in [0.2, 0.25) is 6.29 Å². The van der Waals surface area contributed by atoms with Crippen molar-refractivity contribution in [1.29, 1.82) is 0 Å². The lowest BCUT2D eigenvalue weighted by atomic mass is 9.88. The first-order valence-corrected chi connectivity index (χ1v) is 5.15. The van der Waals surface area contributed by atoms with Crippen LogP contribution < -0.4 is 0 Å². The van der Waals surface area contributed by atoms with E-state index in [1.54, 1.807) is 0 Å². The summed E-state index contributed by atoms with van der Waals surface area (Å²) in [6.45, 7) is 4.31. The predicted molar refractivity (Wildman–Crippen MR) is 65.5 cm³/mol. The number of aliphatic hydroxyl groups is 3. The maximum Gasteiger partial charge on any atom is 0.368 e. The molecule has 0 aliphatic carbocycles. The van der Waals surface area contributed by atoms with E-state index in [0.717, 1.165) is 6.08 Å². The molecule has 0 aromatic carbocycles. The van der Waals surface area contributed by atoms with Crippen LogP contribution in [-0.4, -0.2) is 63.6 Å². The number of rotatable bonds is 6. The van der Waals surface area contributed by atoms with E-state index in [0.29, 0.717) is 6.42 Å². The quantitative estimate of drug-likeness (QED) is 0.233. The van der Waals surface area contributed by atoms with Gasteiger partial charge in [-0.05, 0) is 6.42 Å². The van der Waals surface area contributed by atoms with Crippen LogP contribution in [0.15, 0.2) is 12.7 Å². The molecule has 0 aromatic rings. The van der Waals surface area contributed by atoms with Crippen molar-refractivity contribution in [2.24, 2.45) is 5.41 Å². The van der Waals surface area contributed by atoms with Gasteiger partial charge < -0.3 is 25.5 Å². The van der Waals surface area contributed by atoms with Crippen LogP contribution >= 0.6 is 0 Å². The number of hydrogen-bond donors (Lipinski definition) is 5. The number of carboxylic acid groups (broad SMARTS) is 2. The molecule has 0 amide bonds. The fourth-order valence-electron chi connectivity index (χ4n) is 0.485. The number of carbonyl (C=O) groups is 3. The van der Waals surface area contributed by atoms with Crippen LogP contribution in [0, 0.1) is 5.41 Å². The number of aldehydes is 1. The standard InChI is InChI=1S/C6H14O3.C3H4O2.C2H2O3/c1-2-6(3-7,4-8)5-9;1-2-3(4)5;3-1-2(4)5/h7-9H,2-5H2,1H3;2H,1H2,(H,4,5);1H,(H,4,5). The lowest BCUT2D eigenvalue weighted by molar-refractivity contribution is -0.143. The molecule has 0 atom stereocenters. The maximum absolute atomic E-state index is 9.25. The third-order valence-electron chi connectivity index (χ3n) is 2.03. The van der Waals surface area contributed by atoms with E-state index >= 15 is 0 Å². The summed E-state index contributed by atoms with van der Waals surface area (Å²) < 4.78 is 0. The smallest absolute Gasteiger partial charge is 0.368 e. The van der Waals surface area contributed by atoms with Crippen molar-refractivity contribution in [2.75, 3.05) is 19.8 Å². The molecule has 0 aromatic heterocycles. The van der Waals surface area contributed by atoms with Gasteiger partial charge in [-0.2, -0.15) is 0 Å². The van der Waals surface area contributed by atoms with Crippen molar-refractivity contribution >= 4 is 18.2 Å². The largest absolute Gasteiger partial charge is 0.478 e. The minimum absolute atomic E-state index is 0.156. The summed E-state index contributed by atoms with van der Waals surface area (Å²) in [7, 11) is 0. The van der Waals surface area contributed by atoms with Crippen molar-refractivity contribution in [3.05, 3.63) is 12.7 Å². The van der Waals surface area contributed by atoms with Crippen LogP contribution in [0.1, 0.15) is 13.3 Å². The van der Waals surface area contributed by atoms with Gasteiger partial charge in [0.15, 0.2) is 0 Å². The second kappa shape index (κ2) is 14.3. The highest BCUT2D eigenvalue weighted by molar-refractivity contribution is 6.19. The summed E-state index contributed by atoms with van der Waals surface area (Å²) in [5.74, 6) is -2.41. The molecule has 8 nitrogen and oxygen atoms in total. The van der Waals surface area contributed by atoms with Gasteiger partial charge in [-0.25, -0.2) is 9.59 Å². The van der Waals surface area contributed by atoms with Gasteiger partial charge >= 0.3 is 11.9 Å². The van der Waals surface area contributed by atoms with Crippen LogP contribution in [0.25, 0.3) is 0 Å². The fraction of sp³-hybridized carbons (Fsp3) is 0.545. The summed E-state index contributed by atoms with van der Waals surface area (Å²) in [4.78, 5) is 27.2. The Morgan fingerprint density at radius 1 is 1.05 bits per heavy atom.